The second kappa shape index (κ2) is 23.5. The molecule has 0 unspecified atom stereocenters. The molecule has 0 amide bonds. The van der Waals surface area contributed by atoms with Crippen molar-refractivity contribution >= 4 is 101 Å². The van der Waals surface area contributed by atoms with Crippen LogP contribution in [0.2, 0.25) is 0 Å². The second-order valence-electron chi connectivity index (χ2n) is 28.9. The highest BCUT2D eigenvalue weighted by atomic mass is 15.2. The summed E-state index contributed by atoms with van der Waals surface area (Å²) in [5.74, 6) is 0. The summed E-state index contributed by atoms with van der Waals surface area (Å²) in [6.45, 7) is 16.7. The fourth-order valence-electron chi connectivity index (χ4n) is 14.5. The average molecular weight is 1330 g/mol. The van der Waals surface area contributed by atoms with Crippen LogP contribution in [0.5, 0.6) is 0 Å². The standard InChI is InChI=1S/C96H79BN4/c1-94(2,3)68-54-77(63-33-17-11-18-34-63)92(78(55-68)64-35-19-12-20-36-64)100-87-60-71(98-83-44-28-25-41-73(83)74-42-26-29-45-84(74)98)48-51-81(87)97-82-52-49-72(99-85-46-30-27-43-75(85)76-50-47-67(53-86(76)99)62-31-15-10-16-32-62)61-88(82)101(90-59-70(96(7,8)9)58-89(100)91(90)97)93-79(65-37-21-13-22-38-65)56-69(95(4,5)6)57-80(93)66-39-23-14-24-40-66/h10-61H,1-9H3/i10D,15D,16D,25D,26D,27D,28D,29D,30D,31D,32D,41D,42D,43D,44D,45D,46D,47D,48D,49D,50D,51D,52D,53D,60D,61D. The van der Waals surface area contributed by atoms with Crippen molar-refractivity contribution in [2.24, 2.45) is 0 Å². The zero-order valence-corrected chi connectivity index (χ0v) is 56.9. The summed E-state index contributed by atoms with van der Waals surface area (Å²) in [6.07, 6.45) is 0. The van der Waals surface area contributed by atoms with Gasteiger partial charge in [0.1, 0.15) is 0 Å². The Bertz CT molecular complexity index is 7340. The molecule has 0 saturated carbocycles. The van der Waals surface area contributed by atoms with Gasteiger partial charge in [0.05, 0.1) is 69.1 Å². The molecule has 2 aromatic heterocycles. The Labute approximate surface area is 630 Å². The molecule has 16 aromatic rings. The second-order valence-corrected chi connectivity index (χ2v) is 28.9. The zero-order chi connectivity index (χ0) is 91.3. The molecule has 0 atom stereocenters. The van der Waals surface area contributed by atoms with E-state index in [9.17, 15) is 28.8 Å². The quantitative estimate of drug-likeness (QED) is 0.134. The molecular formula is C96H79BN4. The van der Waals surface area contributed by atoms with E-state index in [1.54, 1.807) is 0 Å². The largest absolute Gasteiger partial charge is 0.310 e. The van der Waals surface area contributed by atoms with Crippen molar-refractivity contribution in [3.05, 3.63) is 332 Å². The van der Waals surface area contributed by atoms with Crippen LogP contribution in [0.15, 0.2) is 315 Å². The van der Waals surface area contributed by atoms with Crippen molar-refractivity contribution in [1.29, 1.82) is 0 Å². The van der Waals surface area contributed by atoms with Crippen LogP contribution < -0.4 is 26.2 Å². The SMILES string of the molecule is [2H]c1c([2H])c([2H])c(-c2c([2H])c([2H])c3c4c([2H])c([2H])c([2H])c([2H])c4n(-c4c([2H])c([2H])c5c(c4[2H])N(c4c(-c6ccccc6)cc(C(C)(C)C)cc4-c4ccccc4)c4cc(C(C)(C)C)cc6c4B5c4c([2H])c([2H])c(-n5c7c([2H])c([2H])c([2H])c([2H])c7c7c([2H])c([2H])c([2H])c([2H])c75)c([2H])c4N6c4c(-c5ccccc5)cc(C(C)(C)C)cc4-c4ccccc4)c3c2[2H])c([2H])c1[2H]. The highest BCUT2D eigenvalue weighted by molar-refractivity contribution is 7.00. The Balaban J connectivity index is 1.13. The van der Waals surface area contributed by atoms with Crippen LogP contribution in [0, 0.1) is 0 Å². The van der Waals surface area contributed by atoms with Gasteiger partial charge in [0, 0.05) is 77.9 Å². The summed E-state index contributed by atoms with van der Waals surface area (Å²) in [6, 6.07) is 29.3. The number of aromatic nitrogens is 2. The van der Waals surface area contributed by atoms with Gasteiger partial charge in [-0.1, -0.05) is 292 Å². The Hall–Kier alpha value is -11.7. The van der Waals surface area contributed by atoms with Gasteiger partial charge in [-0.2, -0.15) is 0 Å². The first kappa shape index (κ1) is 39.8. The maximum absolute atomic E-state index is 11.9. The van der Waals surface area contributed by atoms with E-state index in [0.717, 1.165) is 20.3 Å². The fraction of sp³-hybridized carbons (Fsp3) is 0.125. The van der Waals surface area contributed by atoms with E-state index in [-0.39, 0.29) is 49.9 Å². The number of benzene rings is 14. The first-order valence-electron chi connectivity index (χ1n) is 46.7. The number of fused-ring (bicyclic) bond motifs is 10. The molecule has 2 aliphatic heterocycles. The number of para-hydroxylation sites is 3. The monoisotopic (exact) mass is 1320 g/mol. The van der Waals surface area contributed by atoms with Gasteiger partial charge in [0.25, 0.3) is 6.71 Å². The Morgan fingerprint density at radius 2 is 0.624 bits per heavy atom. The molecule has 4 heterocycles. The van der Waals surface area contributed by atoms with Gasteiger partial charge in [-0.3, -0.25) is 0 Å². The third kappa shape index (κ3) is 10.2. The topological polar surface area (TPSA) is 16.3 Å². The summed E-state index contributed by atoms with van der Waals surface area (Å²) in [5.41, 5.74) is 0.754. The molecule has 486 valence electrons. The van der Waals surface area contributed by atoms with E-state index >= 15 is 0 Å². The van der Waals surface area contributed by atoms with Crippen molar-refractivity contribution in [2.75, 3.05) is 9.80 Å². The minimum atomic E-state index is -1.72. The van der Waals surface area contributed by atoms with Crippen molar-refractivity contribution < 1.29 is 35.6 Å². The third-order valence-corrected chi connectivity index (χ3v) is 19.5. The van der Waals surface area contributed by atoms with E-state index in [4.69, 9.17) is 6.85 Å². The van der Waals surface area contributed by atoms with Crippen molar-refractivity contribution in [3.8, 4) is 67.0 Å². The maximum Gasteiger partial charge on any atom is 0.252 e. The third-order valence-electron chi connectivity index (χ3n) is 19.5. The molecule has 0 radical (unpaired) electrons. The minimum absolute atomic E-state index is 0.210. The molecular weight excluding hydrogens is 1220 g/mol. The number of hydrogen-bond acceptors (Lipinski definition) is 2. The summed E-state index contributed by atoms with van der Waals surface area (Å²) in [7, 11) is 0. The molecule has 5 heteroatoms. The van der Waals surface area contributed by atoms with E-state index in [2.05, 4.69) is 53.7 Å². The Morgan fingerprint density at radius 3 is 1.00 bits per heavy atom. The highest BCUT2D eigenvalue weighted by Gasteiger charge is 2.47. The van der Waals surface area contributed by atoms with Crippen LogP contribution in [0.1, 0.15) is 115 Å². The number of nitrogens with zero attached hydrogens (tertiary/aromatic N) is 4. The summed E-state index contributed by atoms with van der Waals surface area (Å²) in [4.78, 5) is 3.69. The first-order chi connectivity index (χ1) is 59.9. The van der Waals surface area contributed by atoms with Crippen molar-refractivity contribution in [2.45, 2.75) is 78.6 Å². The van der Waals surface area contributed by atoms with Gasteiger partial charge in [0.2, 0.25) is 0 Å². The van der Waals surface area contributed by atoms with Gasteiger partial charge in [-0.25, -0.2) is 0 Å². The smallest absolute Gasteiger partial charge is 0.252 e. The summed E-state index contributed by atoms with van der Waals surface area (Å²) < 4.78 is 261. The van der Waals surface area contributed by atoms with E-state index in [1.807, 2.05) is 176 Å². The van der Waals surface area contributed by atoms with Gasteiger partial charge in [0.15, 0.2) is 0 Å². The predicted octanol–water partition coefficient (Wildman–Crippen LogP) is 24.2. The summed E-state index contributed by atoms with van der Waals surface area (Å²) in [5, 5.41) is -1.73. The molecule has 0 spiro atoms. The molecule has 0 N–H and O–H groups in total. The number of anilines is 6. The van der Waals surface area contributed by atoms with Gasteiger partial charge >= 0.3 is 0 Å². The lowest BCUT2D eigenvalue weighted by atomic mass is 9.33. The molecule has 14 aromatic carbocycles. The van der Waals surface area contributed by atoms with Gasteiger partial charge < -0.3 is 18.9 Å². The lowest BCUT2D eigenvalue weighted by Crippen LogP contribution is -2.61. The molecule has 101 heavy (non-hydrogen) atoms. The Kier molecular flexibility index (Phi) is 9.26. The number of rotatable bonds is 9. The van der Waals surface area contributed by atoms with E-state index in [1.165, 1.54) is 0 Å². The first-order valence-corrected chi connectivity index (χ1v) is 33.7. The van der Waals surface area contributed by atoms with Crippen LogP contribution in [-0.4, -0.2) is 15.8 Å². The van der Waals surface area contributed by atoms with E-state index in [0.29, 0.717) is 61.4 Å². The molecule has 0 bridgehead atoms. The van der Waals surface area contributed by atoms with Gasteiger partial charge in [-0.05, 0) is 167 Å². The molecule has 0 saturated heterocycles. The molecule has 4 nitrogen and oxygen atoms in total. The zero-order valence-electron chi connectivity index (χ0n) is 82.9. The van der Waals surface area contributed by atoms with Gasteiger partial charge in [-0.15, -0.1) is 0 Å². The molecule has 0 fully saturated rings. The molecule has 2 aliphatic rings. The van der Waals surface area contributed by atoms with Crippen molar-refractivity contribution in [3.63, 3.8) is 0 Å². The normalized spacial score (nSPS) is 16.5. The van der Waals surface area contributed by atoms with E-state index < -0.39 is 235 Å². The fourth-order valence-corrected chi connectivity index (χ4v) is 14.5. The van der Waals surface area contributed by atoms with Crippen molar-refractivity contribution in [1.82, 2.24) is 9.13 Å². The van der Waals surface area contributed by atoms with Crippen LogP contribution in [0.4, 0.5) is 34.1 Å². The minimum Gasteiger partial charge on any atom is -0.310 e. The Morgan fingerprint density at radius 1 is 0.287 bits per heavy atom. The van der Waals surface area contributed by atoms with Crippen LogP contribution in [-0.2, 0) is 16.2 Å². The number of hydrogen-bond donors (Lipinski definition) is 0. The van der Waals surface area contributed by atoms with Crippen LogP contribution >= 0.6 is 0 Å². The predicted molar refractivity (Wildman–Crippen MR) is 432 cm³/mol. The summed E-state index contributed by atoms with van der Waals surface area (Å²) >= 11 is 0. The molecule has 0 aliphatic carbocycles. The van der Waals surface area contributed by atoms with Crippen LogP contribution in [0.3, 0.4) is 0 Å². The van der Waals surface area contributed by atoms with Crippen LogP contribution in [0.25, 0.3) is 111 Å². The maximum atomic E-state index is 11.9. The average Bonchev–Trinajstić information content (AvgIpc) is 1.63. The lowest BCUT2D eigenvalue weighted by molar-refractivity contribution is 0.590. The lowest BCUT2D eigenvalue weighted by Gasteiger charge is -2.47. The molecule has 18 rings (SSSR count). The highest BCUT2D eigenvalue weighted by Crippen LogP contribution is 2.56.